The number of hydrogen-bond acceptors (Lipinski definition) is 2. The van der Waals surface area contributed by atoms with Gasteiger partial charge in [0.1, 0.15) is 5.75 Å². The lowest BCUT2D eigenvalue weighted by molar-refractivity contribution is 0.0743. The molecule has 4 nitrogen and oxygen atoms in total. The number of fused-ring (bicyclic) bond motifs is 1. The lowest BCUT2D eigenvalue weighted by Gasteiger charge is -2.26. The molecule has 130 valence electrons. The molecule has 0 N–H and O–H groups in total. The zero-order valence-electron chi connectivity index (χ0n) is 15.2. The first-order chi connectivity index (χ1) is 12.1. The second-order valence-corrected chi connectivity index (χ2v) is 6.18. The minimum absolute atomic E-state index is 0.0156. The molecule has 0 spiro atoms. The molecular formula is C21H24N2O2. The van der Waals surface area contributed by atoms with Crippen molar-refractivity contribution >= 4 is 16.8 Å². The van der Waals surface area contributed by atoms with Crippen LogP contribution in [0.25, 0.3) is 10.9 Å². The zero-order chi connectivity index (χ0) is 18.0. The molecule has 0 aliphatic heterocycles. The normalized spacial score (nSPS) is 12.2. The van der Waals surface area contributed by atoms with Gasteiger partial charge in [0.2, 0.25) is 0 Å². The van der Waals surface area contributed by atoms with Crippen LogP contribution in [-0.4, -0.2) is 29.5 Å². The molecule has 25 heavy (non-hydrogen) atoms. The summed E-state index contributed by atoms with van der Waals surface area (Å²) in [5.41, 5.74) is 2.83. The number of para-hydroxylation sites is 2. The Kier molecular flexibility index (Phi) is 4.79. The molecule has 0 saturated heterocycles. The number of hydrogen-bond donors (Lipinski definition) is 0. The van der Waals surface area contributed by atoms with Gasteiger partial charge < -0.3 is 14.2 Å². The molecule has 1 aromatic heterocycles. The second-order valence-electron chi connectivity index (χ2n) is 6.18. The summed E-state index contributed by atoms with van der Waals surface area (Å²) >= 11 is 0. The van der Waals surface area contributed by atoms with E-state index < -0.39 is 0 Å². The molecule has 0 aliphatic rings. The summed E-state index contributed by atoms with van der Waals surface area (Å²) in [6.07, 6.45) is 1.96. The Morgan fingerprint density at radius 2 is 1.84 bits per heavy atom. The maximum atomic E-state index is 13.2. The number of benzene rings is 2. The standard InChI is InChI=1S/C21H24N2O2/c1-5-23-14-18(17-11-6-8-12-19(17)23)21(24)22(3)15(2)16-10-7-9-13-20(16)25-4/h6-15H,5H2,1-4H3/t15-/m0/s1. The van der Waals surface area contributed by atoms with Crippen molar-refractivity contribution in [2.75, 3.05) is 14.2 Å². The Labute approximate surface area is 148 Å². The monoisotopic (exact) mass is 336 g/mol. The molecular weight excluding hydrogens is 312 g/mol. The van der Waals surface area contributed by atoms with Gasteiger partial charge in [0.25, 0.3) is 5.91 Å². The Balaban J connectivity index is 1.98. The number of carbonyl (C=O) groups excluding carboxylic acids is 1. The predicted octanol–water partition coefficient (Wildman–Crippen LogP) is 4.50. The predicted molar refractivity (Wildman–Crippen MR) is 101 cm³/mol. The number of aryl methyl sites for hydroxylation is 1. The molecule has 1 heterocycles. The van der Waals surface area contributed by atoms with Crippen molar-refractivity contribution in [3.05, 3.63) is 65.9 Å². The molecule has 3 rings (SSSR count). The highest BCUT2D eigenvalue weighted by Crippen LogP contribution is 2.30. The van der Waals surface area contributed by atoms with E-state index in [-0.39, 0.29) is 11.9 Å². The smallest absolute Gasteiger partial charge is 0.256 e. The minimum atomic E-state index is -0.0904. The summed E-state index contributed by atoms with van der Waals surface area (Å²) in [5.74, 6) is 0.812. The summed E-state index contributed by atoms with van der Waals surface area (Å²) in [7, 11) is 3.50. The molecule has 0 saturated carbocycles. The van der Waals surface area contributed by atoms with Gasteiger partial charge >= 0.3 is 0 Å². The summed E-state index contributed by atoms with van der Waals surface area (Å²) in [6, 6.07) is 15.8. The molecule has 3 aromatic rings. The van der Waals surface area contributed by atoms with Gasteiger partial charge in [-0.05, 0) is 26.0 Å². The van der Waals surface area contributed by atoms with Crippen molar-refractivity contribution in [2.45, 2.75) is 26.4 Å². The largest absolute Gasteiger partial charge is 0.496 e. The molecule has 0 fully saturated rings. The number of methoxy groups -OCH3 is 1. The Morgan fingerprint density at radius 3 is 2.56 bits per heavy atom. The fourth-order valence-electron chi connectivity index (χ4n) is 3.26. The third-order valence-electron chi connectivity index (χ3n) is 4.85. The van der Waals surface area contributed by atoms with E-state index in [0.29, 0.717) is 0 Å². The first-order valence-corrected chi connectivity index (χ1v) is 8.56. The number of ether oxygens (including phenoxy) is 1. The summed E-state index contributed by atoms with van der Waals surface area (Å²) in [5, 5.41) is 0.994. The van der Waals surface area contributed by atoms with Crippen molar-refractivity contribution in [3.8, 4) is 5.75 Å². The minimum Gasteiger partial charge on any atom is -0.496 e. The zero-order valence-corrected chi connectivity index (χ0v) is 15.2. The van der Waals surface area contributed by atoms with E-state index in [1.54, 1.807) is 12.0 Å². The van der Waals surface area contributed by atoms with Crippen molar-refractivity contribution in [1.29, 1.82) is 0 Å². The van der Waals surface area contributed by atoms with Crippen LogP contribution < -0.4 is 4.74 Å². The average Bonchev–Trinajstić information content (AvgIpc) is 3.05. The third kappa shape index (κ3) is 3.00. The third-order valence-corrected chi connectivity index (χ3v) is 4.85. The van der Waals surface area contributed by atoms with Crippen molar-refractivity contribution in [3.63, 3.8) is 0 Å². The van der Waals surface area contributed by atoms with Crippen LogP contribution in [-0.2, 0) is 6.54 Å². The van der Waals surface area contributed by atoms with Crippen LogP contribution in [0.5, 0.6) is 5.75 Å². The van der Waals surface area contributed by atoms with Gasteiger partial charge in [0, 0.05) is 36.3 Å². The van der Waals surface area contributed by atoms with E-state index in [1.807, 2.05) is 62.6 Å². The number of carbonyl (C=O) groups is 1. The molecule has 0 aliphatic carbocycles. The molecule has 4 heteroatoms. The van der Waals surface area contributed by atoms with Gasteiger partial charge in [-0.1, -0.05) is 36.4 Å². The fraction of sp³-hybridized carbons (Fsp3) is 0.286. The second kappa shape index (κ2) is 7.01. The molecule has 0 radical (unpaired) electrons. The van der Waals surface area contributed by atoms with E-state index in [2.05, 4.69) is 17.6 Å². The van der Waals surface area contributed by atoms with Crippen molar-refractivity contribution < 1.29 is 9.53 Å². The van der Waals surface area contributed by atoms with Crippen LogP contribution in [0.15, 0.2) is 54.7 Å². The van der Waals surface area contributed by atoms with Gasteiger partial charge in [-0.15, -0.1) is 0 Å². The Hall–Kier alpha value is -2.75. The summed E-state index contributed by atoms with van der Waals surface area (Å²) in [6.45, 7) is 4.94. The SMILES string of the molecule is CCn1cc(C(=O)N(C)[C@@H](C)c2ccccc2OC)c2ccccc21. The van der Waals surface area contributed by atoms with Crippen LogP contribution in [0.4, 0.5) is 0 Å². The van der Waals surface area contributed by atoms with Crippen molar-refractivity contribution in [1.82, 2.24) is 9.47 Å². The van der Waals surface area contributed by atoms with Crippen LogP contribution >= 0.6 is 0 Å². The van der Waals surface area contributed by atoms with E-state index in [9.17, 15) is 4.79 Å². The van der Waals surface area contributed by atoms with Gasteiger partial charge in [0.15, 0.2) is 0 Å². The molecule has 1 atom stereocenters. The topological polar surface area (TPSA) is 34.5 Å². The lowest BCUT2D eigenvalue weighted by Crippen LogP contribution is -2.29. The van der Waals surface area contributed by atoms with E-state index >= 15 is 0 Å². The number of nitrogens with zero attached hydrogens (tertiary/aromatic N) is 2. The highest BCUT2D eigenvalue weighted by atomic mass is 16.5. The quantitative estimate of drug-likeness (QED) is 0.687. The average molecular weight is 336 g/mol. The van der Waals surface area contributed by atoms with Crippen LogP contribution in [0.1, 0.15) is 35.8 Å². The van der Waals surface area contributed by atoms with Crippen molar-refractivity contribution in [2.24, 2.45) is 0 Å². The number of rotatable bonds is 5. The fourth-order valence-corrected chi connectivity index (χ4v) is 3.26. The van der Waals surface area contributed by atoms with Gasteiger partial charge in [-0.2, -0.15) is 0 Å². The maximum Gasteiger partial charge on any atom is 0.256 e. The first kappa shape index (κ1) is 17.1. The summed E-state index contributed by atoms with van der Waals surface area (Å²) < 4.78 is 7.57. The van der Waals surface area contributed by atoms with Crippen LogP contribution in [0, 0.1) is 0 Å². The Bertz CT molecular complexity index is 898. The highest BCUT2D eigenvalue weighted by molar-refractivity contribution is 6.07. The van der Waals surface area contributed by atoms with Gasteiger partial charge in [0.05, 0.1) is 18.7 Å². The first-order valence-electron chi connectivity index (χ1n) is 8.56. The molecule has 0 unspecified atom stereocenters. The number of amides is 1. The summed E-state index contributed by atoms with van der Waals surface area (Å²) in [4.78, 5) is 15.0. The van der Waals surface area contributed by atoms with Crippen LogP contribution in [0.2, 0.25) is 0 Å². The number of aromatic nitrogens is 1. The van der Waals surface area contributed by atoms with Crippen LogP contribution in [0.3, 0.4) is 0 Å². The molecule has 0 bridgehead atoms. The van der Waals surface area contributed by atoms with E-state index in [4.69, 9.17) is 4.74 Å². The maximum absolute atomic E-state index is 13.2. The molecule has 1 amide bonds. The van der Waals surface area contributed by atoms with Gasteiger partial charge in [-0.3, -0.25) is 4.79 Å². The van der Waals surface area contributed by atoms with E-state index in [0.717, 1.165) is 34.3 Å². The molecule has 2 aromatic carbocycles. The Morgan fingerprint density at radius 1 is 1.16 bits per heavy atom. The highest BCUT2D eigenvalue weighted by Gasteiger charge is 2.24. The van der Waals surface area contributed by atoms with E-state index in [1.165, 1.54) is 0 Å². The van der Waals surface area contributed by atoms with Gasteiger partial charge in [-0.25, -0.2) is 0 Å². The lowest BCUT2D eigenvalue weighted by atomic mass is 10.0.